The van der Waals surface area contributed by atoms with E-state index in [0.717, 1.165) is 11.1 Å². The molecule has 1 heterocycles. The van der Waals surface area contributed by atoms with E-state index in [-0.39, 0.29) is 23.9 Å². The van der Waals surface area contributed by atoms with Gasteiger partial charge in [-0.25, -0.2) is 0 Å². The zero-order chi connectivity index (χ0) is 21.0. The first-order chi connectivity index (χ1) is 13.8. The number of benzene rings is 2. The number of thioether (sulfide) groups is 1. The van der Waals surface area contributed by atoms with Crippen LogP contribution in [0, 0.1) is 0 Å². The van der Waals surface area contributed by atoms with Crippen LogP contribution in [0.4, 0.5) is 0 Å². The van der Waals surface area contributed by atoms with Gasteiger partial charge in [-0.15, -0.1) is 0 Å². The summed E-state index contributed by atoms with van der Waals surface area (Å²) in [5.74, 6) is -0.343. The average Bonchev–Trinajstić information content (AvgIpc) is 2.94. The number of hydrogen-bond donors (Lipinski definition) is 0. The van der Waals surface area contributed by atoms with Gasteiger partial charge in [-0.3, -0.25) is 14.5 Å². The predicted molar refractivity (Wildman–Crippen MR) is 123 cm³/mol. The molecule has 29 heavy (non-hydrogen) atoms. The molecule has 0 atom stereocenters. The van der Waals surface area contributed by atoms with Crippen molar-refractivity contribution < 1.29 is 9.59 Å². The number of carbonyl (C=O) groups excluding carboxylic acids is 2. The molecule has 0 aromatic heterocycles. The van der Waals surface area contributed by atoms with Crippen molar-refractivity contribution in [2.75, 3.05) is 6.54 Å². The third-order valence-electron chi connectivity index (χ3n) is 4.56. The first-order valence-corrected chi connectivity index (χ1v) is 10.6. The monoisotopic (exact) mass is 424 g/mol. The van der Waals surface area contributed by atoms with E-state index >= 15 is 0 Å². The van der Waals surface area contributed by atoms with Crippen LogP contribution in [0.2, 0.25) is 0 Å². The molecule has 1 fully saturated rings. The summed E-state index contributed by atoms with van der Waals surface area (Å²) in [6.45, 7) is 6.41. The first kappa shape index (κ1) is 21.3. The Kier molecular flexibility index (Phi) is 6.55. The second-order valence-electron chi connectivity index (χ2n) is 7.81. The average molecular weight is 425 g/mol. The van der Waals surface area contributed by atoms with Crippen molar-refractivity contribution in [3.05, 3.63) is 76.7 Å². The summed E-state index contributed by atoms with van der Waals surface area (Å²) in [5.41, 5.74) is 1.59. The molecule has 0 unspecified atom stereocenters. The van der Waals surface area contributed by atoms with E-state index < -0.39 is 0 Å². The molecule has 2 aromatic rings. The molecular formula is C23H24N2O2S2. The maximum atomic E-state index is 13.2. The molecule has 2 amide bonds. The van der Waals surface area contributed by atoms with Crippen LogP contribution in [-0.4, -0.2) is 38.0 Å². The van der Waals surface area contributed by atoms with Crippen LogP contribution >= 0.6 is 24.0 Å². The summed E-state index contributed by atoms with van der Waals surface area (Å²) in [5, 5.41) is 0. The van der Waals surface area contributed by atoms with Crippen molar-refractivity contribution in [3.8, 4) is 0 Å². The smallest absolute Gasteiger partial charge is 0.266 e. The van der Waals surface area contributed by atoms with E-state index in [1.807, 2.05) is 87.5 Å². The summed E-state index contributed by atoms with van der Waals surface area (Å²) in [6, 6.07) is 19.5. The van der Waals surface area contributed by atoms with Gasteiger partial charge in [0, 0.05) is 12.1 Å². The highest BCUT2D eigenvalue weighted by molar-refractivity contribution is 8.26. The van der Waals surface area contributed by atoms with Crippen LogP contribution in [0.3, 0.4) is 0 Å². The fraction of sp³-hybridized carbons (Fsp3) is 0.261. The van der Waals surface area contributed by atoms with Crippen LogP contribution < -0.4 is 0 Å². The van der Waals surface area contributed by atoms with Gasteiger partial charge in [0.15, 0.2) is 0 Å². The molecule has 4 nitrogen and oxygen atoms in total. The predicted octanol–water partition coefficient (Wildman–Crippen LogP) is 4.72. The van der Waals surface area contributed by atoms with Crippen LogP contribution in [0.25, 0.3) is 6.08 Å². The van der Waals surface area contributed by atoms with Gasteiger partial charge in [-0.2, -0.15) is 0 Å². The van der Waals surface area contributed by atoms with Crippen molar-refractivity contribution in [3.63, 3.8) is 0 Å². The zero-order valence-electron chi connectivity index (χ0n) is 16.8. The standard InChI is InChI=1S/C23H24N2O2S2/c1-23(2,3)25(15-18-12-8-5-9-13-18)20(26)16-24-21(27)19(29-22(24)28)14-17-10-6-4-7-11-17/h4-14H,15-16H2,1-3H3/b19-14+. The fourth-order valence-electron chi connectivity index (χ4n) is 3.02. The fourth-order valence-corrected chi connectivity index (χ4v) is 4.28. The van der Waals surface area contributed by atoms with Crippen LogP contribution in [-0.2, 0) is 16.1 Å². The Labute approximate surface area is 181 Å². The molecule has 1 aliphatic heterocycles. The minimum Gasteiger partial charge on any atom is -0.332 e. The summed E-state index contributed by atoms with van der Waals surface area (Å²) >= 11 is 6.64. The van der Waals surface area contributed by atoms with Crippen molar-refractivity contribution in [1.82, 2.24) is 9.80 Å². The Morgan fingerprint density at radius 2 is 1.66 bits per heavy atom. The molecule has 0 aliphatic carbocycles. The second-order valence-corrected chi connectivity index (χ2v) is 9.49. The lowest BCUT2D eigenvalue weighted by Crippen LogP contribution is -2.49. The number of amides is 2. The largest absolute Gasteiger partial charge is 0.332 e. The van der Waals surface area contributed by atoms with E-state index in [2.05, 4.69) is 0 Å². The molecule has 3 rings (SSSR count). The molecule has 1 aliphatic rings. The molecule has 1 saturated heterocycles. The quantitative estimate of drug-likeness (QED) is 0.515. The van der Waals surface area contributed by atoms with Gasteiger partial charge >= 0.3 is 0 Å². The minimum atomic E-state index is -0.382. The molecule has 2 aromatic carbocycles. The van der Waals surface area contributed by atoms with Gasteiger partial charge in [-0.05, 0) is 38.0 Å². The Hall–Kier alpha value is -2.44. The Bertz CT molecular complexity index is 934. The summed E-state index contributed by atoms with van der Waals surface area (Å²) in [6.07, 6.45) is 1.81. The third-order valence-corrected chi connectivity index (χ3v) is 5.94. The highest BCUT2D eigenvalue weighted by Crippen LogP contribution is 2.32. The van der Waals surface area contributed by atoms with Crippen molar-refractivity contribution in [2.45, 2.75) is 32.9 Å². The highest BCUT2D eigenvalue weighted by atomic mass is 32.2. The van der Waals surface area contributed by atoms with Crippen LogP contribution in [0.15, 0.2) is 65.6 Å². The highest BCUT2D eigenvalue weighted by Gasteiger charge is 2.36. The van der Waals surface area contributed by atoms with E-state index in [0.29, 0.717) is 15.8 Å². The van der Waals surface area contributed by atoms with Crippen molar-refractivity contribution in [1.29, 1.82) is 0 Å². The maximum absolute atomic E-state index is 13.2. The normalized spacial score (nSPS) is 15.8. The summed E-state index contributed by atoms with van der Waals surface area (Å²) in [7, 11) is 0. The number of carbonyl (C=O) groups is 2. The molecular weight excluding hydrogens is 400 g/mol. The maximum Gasteiger partial charge on any atom is 0.266 e. The number of thiocarbonyl (C=S) groups is 1. The molecule has 0 spiro atoms. The van der Waals surface area contributed by atoms with Gasteiger partial charge < -0.3 is 4.90 Å². The third kappa shape index (κ3) is 5.34. The minimum absolute atomic E-state index is 0.0547. The van der Waals surface area contributed by atoms with E-state index in [4.69, 9.17) is 12.2 Å². The van der Waals surface area contributed by atoms with Crippen LogP contribution in [0.1, 0.15) is 31.9 Å². The van der Waals surface area contributed by atoms with Gasteiger partial charge in [0.05, 0.1) is 4.91 Å². The molecule has 0 saturated carbocycles. The first-order valence-electron chi connectivity index (χ1n) is 9.40. The lowest BCUT2D eigenvalue weighted by Gasteiger charge is -2.36. The topological polar surface area (TPSA) is 40.6 Å². The summed E-state index contributed by atoms with van der Waals surface area (Å²) in [4.78, 5) is 29.8. The Morgan fingerprint density at radius 1 is 1.07 bits per heavy atom. The van der Waals surface area contributed by atoms with E-state index in [1.54, 1.807) is 4.90 Å². The van der Waals surface area contributed by atoms with E-state index in [9.17, 15) is 9.59 Å². The van der Waals surface area contributed by atoms with Gasteiger partial charge in [-0.1, -0.05) is 84.6 Å². The number of nitrogens with zero attached hydrogens (tertiary/aromatic N) is 2. The molecule has 150 valence electrons. The molecule has 0 bridgehead atoms. The van der Waals surface area contributed by atoms with E-state index in [1.165, 1.54) is 16.7 Å². The molecule has 6 heteroatoms. The van der Waals surface area contributed by atoms with Crippen LogP contribution in [0.5, 0.6) is 0 Å². The van der Waals surface area contributed by atoms with Crippen molar-refractivity contribution in [2.24, 2.45) is 0 Å². The SMILES string of the molecule is CC(C)(C)N(Cc1ccccc1)C(=O)CN1C(=O)/C(=C\c2ccccc2)SC1=S. The summed E-state index contributed by atoms with van der Waals surface area (Å²) < 4.78 is 0.416. The molecule has 0 N–H and O–H groups in total. The lowest BCUT2D eigenvalue weighted by atomic mass is 10.0. The van der Waals surface area contributed by atoms with Gasteiger partial charge in [0.2, 0.25) is 5.91 Å². The van der Waals surface area contributed by atoms with Gasteiger partial charge in [0.1, 0.15) is 10.9 Å². The van der Waals surface area contributed by atoms with Crippen molar-refractivity contribution >= 4 is 46.2 Å². The Balaban J connectivity index is 1.76. The lowest BCUT2D eigenvalue weighted by molar-refractivity contribution is -0.140. The second kappa shape index (κ2) is 8.93. The number of hydrogen-bond acceptors (Lipinski definition) is 4. The molecule has 0 radical (unpaired) electrons. The zero-order valence-corrected chi connectivity index (χ0v) is 18.4. The van der Waals surface area contributed by atoms with Gasteiger partial charge in [0.25, 0.3) is 5.91 Å². The number of rotatable bonds is 5. The Morgan fingerprint density at radius 3 is 2.24 bits per heavy atom.